The molecular formula is C18H24N4O5. The average molecular weight is 376 g/mol. The molecule has 0 radical (unpaired) electrons. The lowest BCUT2D eigenvalue weighted by molar-refractivity contribution is -0.385. The van der Waals surface area contributed by atoms with E-state index in [0.29, 0.717) is 13.1 Å². The number of ether oxygens (including phenoxy) is 2. The number of hydrogen-bond donors (Lipinski definition) is 1. The topological polar surface area (TPSA) is 109 Å². The lowest BCUT2D eigenvalue weighted by atomic mass is 10.1. The molecule has 1 aromatic heterocycles. The molecule has 1 aromatic carbocycles. The summed E-state index contributed by atoms with van der Waals surface area (Å²) in [6, 6.07) is 4.49. The summed E-state index contributed by atoms with van der Waals surface area (Å²) in [5.41, 5.74) is 1.57. The molecule has 146 valence electrons. The lowest BCUT2D eigenvalue weighted by Crippen LogP contribution is -2.30. The van der Waals surface area contributed by atoms with Crippen molar-refractivity contribution < 1.29 is 19.2 Å². The van der Waals surface area contributed by atoms with Gasteiger partial charge in [-0.05, 0) is 25.8 Å². The van der Waals surface area contributed by atoms with E-state index in [4.69, 9.17) is 9.47 Å². The van der Waals surface area contributed by atoms with Gasteiger partial charge in [0.1, 0.15) is 5.56 Å². The number of nitro groups is 1. The first-order valence-corrected chi connectivity index (χ1v) is 8.46. The number of aryl methyl sites for hydroxylation is 2. The first-order valence-electron chi connectivity index (χ1n) is 8.46. The van der Waals surface area contributed by atoms with Gasteiger partial charge in [-0.3, -0.25) is 19.6 Å². The van der Waals surface area contributed by atoms with Crippen molar-refractivity contribution in [2.24, 2.45) is 5.92 Å². The maximum Gasteiger partial charge on any atom is 0.286 e. The zero-order valence-corrected chi connectivity index (χ0v) is 16.1. The monoisotopic (exact) mass is 376 g/mol. The third-order valence-corrected chi connectivity index (χ3v) is 4.14. The van der Waals surface area contributed by atoms with Crippen LogP contribution < -0.4 is 14.8 Å². The number of methoxy groups -OCH3 is 2. The summed E-state index contributed by atoms with van der Waals surface area (Å²) >= 11 is 0. The number of nitrogens with zero attached hydrogens (tertiary/aromatic N) is 3. The molecule has 9 heteroatoms. The number of carbonyl (C=O) groups excluding carboxylic acids is 1. The summed E-state index contributed by atoms with van der Waals surface area (Å²) < 4.78 is 12.1. The van der Waals surface area contributed by atoms with E-state index in [-0.39, 0.29) is 28.7 Å². The predicted molar refractivity (Wildman–Crippen MR) is 99.4 cm³/mol. The molecule has 1 heterocycles. The van der Waals surface area contributed by atoms with E-state index in [1.54, 1.807) is 0 Å². The third kappa shape index (κ3) is 4.75. The highest BCUT2D eigenvalue weighted by Gasteiger charge is 2.24. The molecule has 1 amide bonds. The first kappa shape index (κ1) is 20.2. The molecule has 0 saturated heterocycles. The van der Waals surface area contributed by atoms with Gasteiger partial charge in [0, 0.05) is 24.8 Å². The highest BCUT2D eigenvalue weighted by molar-refractivity contribution is 5.99. The molecule has 2 rings (SSSR count). The minimum atomic E-state index is -0.615. The Bertz CT molecular complexity index is 847. The maximum atomic E-state index is 12.5. The van der Waals surface area contributed by atoms with Crippen molar-refractivity contribution in [3.63, 3.8) is 0 Å². The Hall–Kier alpha value is -3.10. The molecule has 0 unspecified atom stereocenters. The molecule has 0 aliphatic rings. The predicted octanol–water partition coefficient (Wildman–Crippen LogP) is 2.49. The molecule has 1 atom stereocenters. The van der Waals surface area contributed by atoms with Crippen molar-refractivity contribution in [3.05, 3.63) is 45.3 Å². The van der Waals surface area contributed by atoms with Crippen molar-refractivity contribution >= 4 is 11.6 Å². The highest BCUT2D eigenvalue weighted by atomic mass is 16.6. The van der Waals surface area contributed by atoms with Crippen molar-refractivity contribution in [1.82, 2.24) is 15.1 Å². The van der Waals surface area contributed by atoms with Crippen LogP contribution in [0.1, 0.15) is 28.7 Å². The van der Waals surface area contributed by atoms with Gasteiger partial charge in [0.15, 0.2) is 11.5 Å². The van der Waals surface area contributed by atoms with E-state index in [0.717, 1.165) is 11.4 Å². The second-order valence-corrected chi connectivity index (χ2v) is 6.41. The van der Waals surface area contributed by atoms with Crippen LogP contribution in [-0.4, -0.2) is 41.4 Å². The molecule has 0 spiro atoms. The fourth-order valence-corrected chi connectivity index (χ4v) is 2.78. The van der Waals surface area contributed by atoms with E-state index in [2.05, 4.69) is 10.4 Å². The van der Waals surface area contributed by atoms with Crippen LogP contribution in [0.5, 0.6) is 11.5 Å². The van der Waals surface area contributed by atoms with Crippen LogP contribution in [0.2, 0.25) is 0 Å². The largest absolute Gasteiger partial charge is 0.493 e. The van der Waals surface area contributed by atoms with Gasteiger partial charge >= 0.3 is 0 Å². The van der Waals surface area contributed by atoms with Crippen LogP contribution in [0.25, 0.3) is 0 Å². The fourth-order valence-electron chi connectivity index (χ4n) is 2.78. The Morgan fingerprint density at radius 2 is 1.89 bits per heavy atom. The Kier molecular flexibility index (Phi) is 6.38. The molecule has 0 aliphatic carbocycles. The van der Waals surface area contributed by atoms with Crippen molar-refractivity contribution in [1.29, 1.82) is 0 Å². The second kappa shape index (κ2) is 8.52. The summed E-state index contributed by atoms with van der Waals surface area (Å²) in [5, 5.41) is 18.5. The minimum Gasteiger partial charge on any atom is -0.493 e. The molecular weight excluding hydrogens is 352 g/mol. The summed E-state index contributed by atoms with van der Waals surface area (Å²) in [7, 11) is 2.78. The van der Waals surface area contributed by atoms with Gasteiger partial charge in [0.05, 0.1) is 30.9 Å². The Morgan fingerprint density at radius 1 is 1.26 bits per heavy atom. The SMILES string of the molecule is COc1cc(C(=O)NC[C@@H](C)Cn2nc(C)cc2C)c([N+](=O)[O-])cc1OC. The third-order valence-electron chi connectivity index (χ3n) is 4.14. The van der Waals surface area contributed by atoms with Crippen LogP contribution >= 0.6 is 0 Å². The van der Waals surface area contributed by atoms with Gasteiger partial charge in [0.2, 0.25) is 0 Å². The Morgan fingerprint density at radius 3 is 2.41 bits per heavy atom. The van der Waals surface area contributed by atoms with Crippen LogP contribution in [0.4, 0.5) is 5.69 Å². The number of benzene rings is 1. The van der Waals surface area contributed by atoms with Gasteiger partial charge in [-0.25, -0.2) is 0 Å². The number of carbonyl (C=O) groups is 1. The molecule has 0 aliphatic heterocycles. The zero-order chi connectivity index (χ0) is 20.1. The van der Waals surface area contributed by atoms with Gasteiger partial charge < -0.3 is 14.8 Å². The Labute approximate surface area is 157 Å². The summed E-state index contributed by atoms with van der Waals surface area (Å²) in [6.07, 6.45) is 0. The molecule has 0 bridgehead atoms. The van der Waals surface area contributed by atoms with Crippen molar-refractivity contribution in [2.75, 3.05) is 20.8 Å². The van der Waals surface area contributed by atoms with E-state index in [1.807, 2.05) is 31.5 Å². The van der Waals surface area contributed by atoms with Crippen molar-refractivity contribution in [2.45, 2.75) is 27.3 Å². The van der Waals surface area contributed by atoms with E-state index in [9.17, 15) is 14.9 Å². The molecule has 0 saturated carbocycles. The van der Waals surface area contributed by atoms with Gasteiger partial charge in [-0.1, -0.05) is 6.92 Å². The number of nitrogens with one attached hydrogen (secondary N) is 1. The molecule has 27 heavy (non-hydrogen) atoms. The zero-order valence-electron chi connectivity index (χ0n) is 16.1. The lowest BCUT2D eigenvalue weighted by Gasteiger charge is -2.15. The van der Waals surface area contributed by atoms with Crippen LogP contribution in [-0.2, 0) is 6.54 Å². The number of nitro benzene ring substituents is 1. The minimum absolute atomic E-state index is 0.0732. The first-order chi connectivity index (χ1) is 12.8. The molecule has 1 N–H and O–H groups in total. The molecule has 9 nitrogen and oxygen atoms in total. The van der Waals surface area contributed by atoms with Crippen LogP contribution in [0.3, 0.4) is 0 Å². The van der Waals surface area contributed by atoms with Gasteiger partial charge in [0.25, 0.3) is 11.6 Å². The molecule has 2 aromatic rings. The average Bonchev–Trinajstić information content (AvgIpc) is 2.95. The number of aromatic nitrogens is 2. The highest BCUT2D eigenvalue weighted by Crippen LogP contribution is 2.34. The number of rotatable bonds is 8. The second-order valence-electron chi connectivity index (χ2n) is 6.41. The summed E-state index contributed by atoms with van der Waals surface area (Å²) in [5.74, 6) is -0.00314. The maximum absolute atomic E-state index is 12.5. The van der Waals surface area contributed by atoms with Crippen molar-refractivity contribution in [3.8, 4) is 11.5 Å². The standard InChI is InChI=1S/C18H24N4O5/c1-11(10-21-13(3)6-12(2)20-21)9-19-18(23)14-7-16(26-4)17(27-5)8-15(14)22(24)25/h6-8,11H,9-10H2,1-5H3,(H,19,23)/t11-/m1/s1. The number of amides is 1. The summed E-state index contributed by atoms with van der Waals surface area (Å²) in [4.78, 5) is 23.2. The number of hydrogen-bond acceptors (Lipinski definition) is 6. The Balaban J connectivity index is 2.12. The van der Waals surface area contributed by atoms with Gasteiger partial charge in [-0.15, -0.1) is 0 Å². The van der Waals surface area contributed by atoms with E-state index in [1.165, 1.54) is 26.4 Å². The van der Waals surface area contributed by atoms with Gasteiger partial charge in [-0.2, -0.15) is 5.10 Å². The normalized spacial score (nSPS) is 11.7. The fraction of sp³-hybridized carbons (Fsp3) is 0.444. The molecule has 0 fully saturated rings. The van der Waals surface area contributed by atoms with Crippen LogP contribution in [0, 0.1) is 29.9 Å². The van der Waals surface area contributed by atoms with Crippen LogP contribution in [0.15, 0.2) is 18.2 Å². The summed E-state index contributed by atoms with van der Waals surface area (Å²) in [6.45, 7) is 6.85. The van der Waals surface area contributed by atoms with E-state index >= 15 is 0 Å². The van der Waals surface area contributed by atoms with E-state index < -0.39 is 10.8 Å². The smallest absolute Gasteiger partial charge is 0.286 e. The quantitative estimate of drug-likeness (QED) is 0.560.